The van der Waals surface area contributed by atoms with Gasteiger partial charge in [0.25, 0.3) is 5.92 Å². The molecule has 0 aromatic carbocycles. The number of nitrogens with one attached hydrogen (secondary N) is 1. The van der Waals surface area contributed by atoms with E-state index in [9.17, 15) is 8.78 Å². The second-order valence-electron chi connectivity index (χ2n) is 3.43. The van der Waals surface area contributed by atoms with Crippen molar-refractivity contribution in [2.24, 2.45) is 0 Å². The predicted molar refractivity (Wildman–Crippen MR) is 35.7 cm³/mol. The standard InChI is InChI=1S/C7H11F2NO/c8-7(9)3-6(11-5-7)1-2-10-4-6/h10H,1-5H2/t6-/m0/s1. The molecule has 2 nitrogen and oxygen atoms in total. The van der Waals surface area contributed by atoms with E-state index < -0.39 is 18.1 Å². The van der Waals surface area contributed by atoms with Gasteiger partial charge < -0.3 is 10.1 Å². The third-order valence-electron chi connectivity index (χ3n) is 2.37. The van der Waals surface area contributed by atoms with Gasteiger partial charge in [-0.25, -0.2) is 8.78 Å². The molecule has 2 saturated heterocycles. The Labute approximate surface area is 63.9 Å². The molecule has 1 atom stereocenters. The zero-order valence-electron chi connectivity index (χ0n) is 6.20. The Kier molecular flexibility index (Phi) is 1.44. The van der Waals surface area contributed by atoms with E-state index in [1.807, 2.05) is 0 Å². The van der Waals surface area contributed by atoms with Crippen LogP contribution in [0.4, 0.5) is 8.78 Å². The fourth-order valence-corrected chi connectivity index (χ4v) is 1.83. The highest BCUT2D eigenvalue weighted by atomic mass is 19.3. The fraction of sp³-hybridized carbons (Fsp3) is 1.00. The van der Waals surface area contributed by atoms with Crippen molar-refractivity contribution < 1.29 is 13.5 Å². The highest BCUT2D eigenvalue weighted by molar-refractivity contribution is 4.98. The molecule has 4 heteroatoms. The number of alkyl halides is 2. The minimum Gasteiger partial charge on any atom is -0.367 e. The average molecular weight is 163 g/mol. The summed E-state index contributed by atoms with van der Waals surface area (Å²) in [5.41, 5.74) is -0.538. The van der Waals surface area contributed by atoms with Crippen LogP contribution in [0, 0.1) is 0 Å². The predicted octanol–water partition coefficient (Wildman–Crippen LogP) is 0.774. The third-order valence-corrected chi connectivity index (χ3v) is 2.37. The first-order valence-corrected chi connectivity index (χ1v) is 3.85. The van der Waals surface area contributed by atoms with E-state index in [1.54, 1.807) is 0 Å². The molecule has 0 amide bonds. The third kappa shape index (κ3) is 1.25. The lowest BCUT2D eigenvalue weighted by molar-refractivity contribution is -0.0195. The van der Waals surface area contributed by atoms with Crippen LogP contribution in [0.3, 0.4) is 0 Å². The molecule has 2 heterocycles. The second kappa shape index (κ2) is 2.14. The SMILES string of the molecule is FC1(F)CO[C@@]2(CCNC2)C1. The Morgan fingerprint density at radius 2 is 2.18 bits per heavy atom. The van der Waals surface area contributed by atoms with Crippen LogP contribution in [0.15, 0.2) is 0 Å². The van der Waals surface area contributed by atoms with E-state index >= 15 is 0 Å². The lowest BCUT2D eigenvalue weighted by atomic mass is 9.98. The van der Waals surface area contributed by atoms with E-state index in [0.29, 0.717) is 6.54 Å². The second-order valence-corrected chi connectivity index (χ2v) is 3.43. The van der Waals surface area contributed by atoms with Gasteiger partial charge in [-0.15, -0.1) is 0 Å². The Morgan fingerprint density at radius 1 is 1.36 bits per heavy atom. The molecule has 1 N–H and O–H groups in total. The Bertz CT molecular complexity index is 166. The molecule has 2 rings (SSSR count). The molecular weight excluding hydrogens is 152 g/mol. The molecule has 11 heavy (non-hydrogen) atoms. The first kappa shape index (κ1) is 7.43. The summed E-state index contributed by atoms with van der Waals surface area (Å²) in [7, 11) is 0. The molecule has 2 aliphatic rings. The fourth-order valence-electron chi connectivity index (χ4n) is 1.83. The molecule has 0 saturated carbocycles. The maximum Gasteiger partial charge on any atom is 0.273 e. The van der Waals surface area contributed by atoms with Crippen LogP contribution in [0.1, 0.15) is 12.8 Å². The van der Waals surface area contributed by atoms with Crippen molar-refractivity contribution in [2.45, 2.75) is 24.4 Å². The van der Waals surface area contributed by atoms with Crippen LogP contribution in [0.2, 0.25) is 0 Å². The first-order valence-electron chi connectivity index (χ1n) is 3.85. The molecule has 2 aliphatic heterocycles. The van der Waals surface area contributed by atoms with Gasteiger partial charge in [0.2, 0.25) is 0 Å². The summed E-state index contributed by atoms with van der Waals surface area (Å²) >= 11 is 0. The molecule has 1 spiro atoms. The Hall–Kier alpha value is -0.220. The largest absolute Gasteiger partial charge is 0.367 e. The number of rotatable bonds is 0. The number of ether oxygens (including phenoxy) is 1. The van der Waals surface area contributed by atoms with Crippen molar-refractivity contribution in [3.63, 3.8) is 0 Å². The van der Waals surface area contributed by atoms with Gasteiger partial charge in [-0.05, 0) is 13.0 Å². The number of hydrogen-bond acceptors (Lipinski definition) is 2. The quantitative estimate of drug-likeness (QED) is 0.569. The van der Waals surface area contributed by atoms with Crippen molar-refractivity contribution in [2.75, 3.05) is 19.7 Å². The van der Waals surface area contributed by atoms with Gasteiger partial charge in [-0.2, -0.15) is 0 Å². The summed E-state index contributed by atoms with van der Waals surface area (Å²) in [6, 6.07) is 0. The van der Waals surface area contributed by atoms with Crippen molar-refractivity contribution in [3.8, 4) is 0 Å². The minimum absolute atomic E-state index is 0.104. The first-order chi connectivity index (χ1) is 5.12. The molecule has 0 unspecified atom stereocenters. The van der Waals surface area contributed by atoms with Crippen molar-refractivity contribution in [1.29, 1.82) is 0 Å². The van der Waals surface area contributed by atoms with Crippen LogP contribution in [0.5, 0.6) is 0 Å². The summed E-state index contributed by atoms with van der Waals surface area (Å²) in [6.45, 7) is 0.993. The van der Waals surface area contributed by atoms with Crippen molar-refractivity contribution >= 4 is 0 Å². The molecular formula is C7H11F2NO. The Morgan fingerprint density at radius 3 is 2.64 bits per heavy atom. The smallest absolute Gasteiger partial charge is 0.273 e. The molecule has 2 fully saturated rings. The average Bonchev–Trinajstić information content (AvgIpc) is 2.43. The highest BCUT2D eigenvalue weighted by Gasteiger charge is 2.51. The highest BCUT2D eigenvalue weighted by Crippen LogP contribution is 2.40. The van der Waals surface area contributed by atoms with Crippen molar-refractivity contribution in [1.82, 2.24) is 5.32 Å². The van der Waals surface area contributed by atoms with Gasteiger partial charge in [0.15, 0.2) is 0 Å². The van der Waals surface area contributed by atoms with E-state index in [-0.39, 0.29) is 6.42 Å². The lowest BCUT2D eigenvalue weighted by Crippen LogP contribution is -2.31. The monoisotopic (exact) mass is 163 g/mol. The molecule has 0 aromatic heterocycles. The van der Waals surface area contributed by atoms with E-state index in [1.165, 1.54) is 0 Å². The maximum atomic E-state index is 12.7. The van der Waals surface area contributed by atoms with Crippen LogP contribution in [0.25, 0.3) is 0 Å². The Balaban J connectivity index is 2.07. The van der Waals surface area contributed by atoms with Gasteiger partial charge in [-0.1, -0.05) is 0 Å². The van der Waals surface area contributed by atoms with E-state index in [2.05, 4.69) is 5.32 Å². The molecule has 0 aliphatic carbocycles. The van der Waals surface area contributed by atoms with Crippen LogP contribution < -0.4 is 5.32 Å². The maximum absolute atomic E-state index is 12.7. The van der Waals surface area contributed by atoms with Gasteiger partial charge >= 0.3 is 0 Å². The summed E-state index contributed by atoms with van der Waals surface area (Å²) in [4.78, 5) is 0. The van der Waals surface area contributed by atoms with Gasteiger partial charge in [-0.3, -0.25) is 0 Å². The van der Waals surface area contributed by atoms with Crippen LogP contribution >= 0.6 is 0 Å². The van der Waals surface area contributed by atoms with Gasteiger partial charge in [0.05, 0.1) is 5.60 Å². The van der Waals surface area contributed by atoms with Crippen molar-refractivity contribution in [3.05, 3.63) is 0 Å². The van der Waals surface area contributed by atoms with E-state index in [0.717, 1.165) is 13.0 Å². The summed E-state index contributed by atoms with van der Waals surface area (Å²) in [6.07, 6.45) is 0.621. The zero-order valence-corrected chi connectivity index (χ0v) is 6.20. The zero-order chi connectivity index (χ0) is 7.95. The molecule has 0 radical (unpaired) electrons. The topological polar surface area (TPSA) is 21.3 Å². The lowest BCUT2D eigenvalue weighted by Gasteiger charge is -2.19. The summed E-state index contributed by atoms with van der Waals surface area (Å²) in [5.74, 6) is -2.59. The number of halogens is 2. The van der Waals surface area contributed by atoms with Crippen LogP contribution in [-0.2, 0) is 4.74 Å². The minimum atomic E-state index is -2.59. The number of hydrogen-bond donors (Lipinski definition) is 1. The van der Waals surface area contributed by atoms with Crippen LogP contribution in [-0.4, -0.2) is 31.2 Å². The van der Waals surface area contributed by atoms with Gasteiger partial charge in [0, 0.05) is 13.0 Å². The van der Waals surface area contributed by atoms with Gasteiger partial charge in [0.1, 0.15) is 6.61 Å². The molecule has 0 bridgehead atoms. The normalized spacial score (nSPS) is 42.0. The summed E-state index contributed by atoms with van der Waals surface area (Å²) < 4.78 is 30.5. The van der Waals surface area contributed by atoms with E-state index in [4.69, 9.17) is 4.74 Å². The molecule has 0 aromatic rings. The summed E-state index contributed by atoms with van der Waals surface area (Å²) in [5, 5.41) is 3.03. The molecule has 64 valence electrons.